The van der Waals surface area contributed by atoms with Crippen LogP contribution in [0.1, 0.15) is 5.69 Å². The Balaban J connectivity index is 1.68. The van der Waals surface area contributed by atoms with E-state index in [9.17, 15) is 14.4 Å². The predicted molar refractivity (Wildman–Crippen MR) is 89.8 cm³/mol. The van der Waals surface area contributed by atoms with Crippen LogP contribution in [0.15, 0.2) is 58.3 Å². The molecule has 0 unspecified atom stereocenters. The Morgan fingerprint density at radius 3 is 2.58 bits per heavy atom. The summed E-state index contributed by atoms with van der Waals surface area (Å²) in [5.41, 5.74) is 0.0747. The third-order valence-corrected chi connectivity index (χ3v) is 3.61. The molecule has 2 N–H and O–H groups in total. The molecule has 2 heterocycles. The van der Waals surface area contributed by atoms with Crippen molar-refractivity contribution < 1.29 is 4.79 Å². The molecule has 0 aliphatic rings. The summed E-state index contributed by atoms with van der Waals surface area (Å²) >= 11 is 0. The molecule has 122 valence electrons. The Hall–Kier alpha value is -3.22. The van der Waals surface area contributed by atoms with Gasteiger partial charge in [-0.3, -0.25) is 24.5 Å². The number of rotatable bonds is 5. The number of nitrogens with zero attached hydrogens (tertiary/aromatic N) is 2. The molecule has 0 aliphatic carbocycles. The molecular formula is C17H16N4O3. The van der Waals surface area contributed by atoms with Gasteiger partial charge in [-0.25, -0.2) is 4.68 Å². The van der Waals surface area contributed by atoms with Crippen LogP contribution in [0.3, 0.4) is 0 Å². The van der Waals surface area contributed by atoms with Crippen molar-refractivity contribution in [1.29, 1.82) is 0 Å². The van der Waals surface area contributed by atoms with Crippen molar-refractivity contribution in [2.75, 3.05) is 6.54 Å². The average molecular weight is 324 g/mol. The lowest BCUT2D eigenvalue weighted by molar-refractivity contribution is -0.121. The molecule has 1 aromatic carbocycles. The fraction of sp³-hybridized carbons (Fsp3) is 0.176. The van der Waals surface area contributed by atoms with Gasteiger partial charge in [0.15, 0.2) is 0 Å². The molecule has 24 heavy (non-hydrogen) atoms. The first-order valence-corrected chi connectivity index (χ1v) is 7.53. The van der Waals surface area contributed by atoms with E-state index in [0.717, 1.165) is 10.4 Å². The van der Waals surface area contributed by atoms with Gasteiger partial charge in [0.05, 0.1) is 10.8 Å². The SMILES string of the molecule is O=C(Cn1[nH]c(=O)c2ccccc2c1=O)NCCc1ccccn1. The second-order valence-electron chi connectivity index (χ2n) is 5.30. The van der Waals surface area contributed by atoms with Crippen molar-refractivity contribution in [3.05, 3.63) is 75.1 Å². The molecule has 1 amide bonds. The second-order valence-corrected chi connectivity index (χ2v) is 5.30. The lowest BCUT2D eigenvalue weighted by Gasteiger charge is -2.08. The van der Waals surface area contributed by atoms with Crippen LogP contribution < -0.4 is 16.4 Å². The Morgan fingerprint density at radius 2 is 1.83 bits per heavy atom. The monoisotopic (exact) mass is 324 g/mol. The number of amides is 1. The van der Waals surface area contributed by atoms with E-state index in [0.29, 0.717) is 23.7 Å². The number of carbonyl (C=O) groups is 1. The van der Waals surface area contributed by atoms with Gasteiger partial charge in [0.25, 0.3) is 11.1 Å². The van der Waals surface area contributed by atoms with Gasteiger partial charge in [-0.15, -0.1) is 0 Å². The minimum Gasteiger partial charge on any atom is -0.354 e. The minimum absolute atomic E-state index is 0.235. The number of nitrogens with one attached hydrogen (secondary N) is 2. The molecule has 0 aliphatic heterocycles. The first kappa shape index (κ1) is 15.7. The lowest BCUT2D eigenvalue weighted by Crippen LogP contribution is -2.37. The predicted octanol–water partition coefficient (Wildman–Crippen LogP) is 0.444. The quantitative estimate of drug-likeness (QED) is 0.712. The van der Waals surface area contributed by atoms with E-state index >= 15 is 0 Å². The molecule has 0 saturated carbocycles. The van der Waals surface area contributed by atoms with Gasteiger partial charge in [0, 0.05) is 24.9 Å². The number of H-pyrrole nitrogens is 1. The summed E-state index contributed by atoms with van der Waals surface area (Å²) < 4.78 is 1.03. The maximum absolute atomic E-state index is 12.3. The van der Waals surface area contributed by atoms with Crippen LogP contribution >= 0.6 is 0 Å². The summed E-state index contributed by atoms with van der Waals surface area (Å²) in [7, 11) is 0. The van der Waals surface area contributed by atoms with E-state index in [2.05, 4.69) is 15.4 Å². The molecule has 0 saturated heterocycles. The number of fused-ring (bicyclic) bond motifs is 1. The van der Waals surface area contributed by atoms with Crippen molar-refractivity contribution in [2.24, 2.45) is 0 Å². The van der Waals surface area contributed by atoms with Crippen LogP contribution in [0.5, 0.6) is 0 Å². The van der Waals surface area contributed by atoms with Crippen LogP contribution in [-0.2, 0) is 17.8 Å². The Morgan fingerprint density at radius 1 is 1.08 bits per heavy atom. The van der Waals surface area contributed by atoms with Crippen molar-refractivity contribution >= 4 is 16.7 Å². The Kier molecular flexibility index (Phi) is 4.51. The summed E-state index contributed by atoms with van der Waals surface area (Å²) in [5, 5.41) is 5.75. The normalized spacial score (nSPS) is 10.7. The smallest absolute Gasteiger partial charge is 0.273 e. The number of hydrogen-bond acceptors (Lipinski definition) is 4. The molecule has 3 aromatic rings. The van der Waals surface area contributed by atoms with Crippen LogP contribution in [0.4, 0.5) is 0 Å². The van der Waals surface area contributed by atoms with E-state index < -0.39 is 11.1 Å². The van der Waals surface area contributed by atoms with Crippen LogP contribution in [0, 0.1) is 0 Å². The first-order chi connectivity index (χ1) is 11.6. The number of benzene rings is 1. The fourth-order valence-corrected chi connectivity index (χ4v) is 2.43. The summed E-state index contributed by atoms with van der Waals surface area (Å²) in [6, 6.07) is 12.1. The molecule has 0 bridgehead atoms. The van der Waals surface area contributed by atoms with E-state index in [1.807, 2.05) is 18.2 Å². The van der Waals surface area contributed by atoms with Gasteiger partial charge in [0.1, 0.15) is 6.54 Å². The highest BCUT2D eigenvalue weighted by Crippen LogP contribution is 2.02. The average Bonchev–Trinajstić information content (AvgIpc) is 2.60. The number of aromatic nitrogens is 3. The zero-order valence-electron chi connectivity index (χ0n) is 12.9. The van der Waals surface area contributed by atoms with Crippen molar-refractivity contribution in [1.82, 2.24) is 20.1 Å². The zero-order valence-corrected chi connectivity index (χ0v) is 12.9. The molecule has 0 radical (unpaired) electrons. The molecule has 0 atom stereocenters. The zero-order chi connectivity index (χ0) is 16.9. The van der Waals surface area contributed by atoms with Crippen molar-refractivity contribution in [2.45, 2.75) is 13.0 Å². The summed E-state index contributed by atoms with van der Waals surface area (Å²) in [6.45, 7) is 0.170. The van der Waals surface area contributed by atoms with Crippen LogP contribution in [0.25, 0.3) is 10.8 Å². The third kappa shape index (κ3) is 3.40. The van der Waals surface area contributed by atoms with Gasteiger partial charge >= 0.3 is 0 Å². The molecular weight excluding hydrogens is 308 g/mol. The lowest BCUT2D eigenvalue weighted by atomic mass is 10.2. The highest BCUT2D eigenvalue weighted by Gasteiger charge is 2.09. The minimum atomic E-state index is -0.398. The van der Waals surface area contributed by atoms with E-state index in [1.54, 1.807) is 30.5 Å². The summed E-state index contributed by atoms with van der Waals surface area (Å²) in [4.78, 5) is 40.4. The van der Waals surface area contributed by atoms with Crippen molar-refractivity contribution in [3.8, 4) is 0 Å². The standard InChI is InChI=1S/C17H16N4O3/c22-15(19-10-8-12-5-3-4-9-18-12)11-21-17(24)14-7-2-1-6-13(14)16(23)20-21/h1-7,9H,8,10-11H2,(H,19,22)(H,20,23). The van der Waals surface area contributed by atoms with Crippen molar-refractivity contribution in [3.63, 3.8) is 0 Å². The summed E-state index contributed by atoms with van der Waals surface area (Å²) in [6.07, 6.45) is 2.28. The fourth-order valence-electron chi connectivity index (χ4n) is 2.43. The third-order valence-electron chi connectivity index (χ3n) is 3.61. The van der Waals surface area contributed by atoms with Gasteiger partial charge in [-0.1, -0.05) is 18.2 Å². The second kappa shape index (κ2) is 6.91. The number of hydrogen-bond donors (Lipinski definition) is 2. The molecule has 2 aromatic heterocycles. The number of carbonyl (C=O) groups excluding carboxylic acids is 1. The van der Waals surface area contributed by atoms with E-state index in [-0.39, 0.29) is 12.5 Å². The number of aromatic amines is 1. The highest BCUT2D eigenvalue weighted by molar-refractivity contribution is 5.81. The van der Waals surface area contributed by atoms with E-state index in [4.69, 9.17) is 0 Å². The largest absolute Gasteiger partial charge is 0.354 e. The molecule has 7 heteroatoms. The van der Waals surface area contributed by atoms with Gasteiger partial charge in [-0.2, -0.15) is 0 Å². The molecule has 0 spiro atoms. The topological polar surface area (TPSA) is 96.9 Å². The highest BCUT2D eigenvalue weighted by atomic mass is 16.2. The van der Waals surface area contributed by atoms with E-state index in [1.165, 1.54) is 0 Å². The molecule has 7 nitrogen and oxygen atoms in total. The summed E-state index contributed by atoms with van der Waals surface area (Å²) in [5.74, 6) is -0.348. The van der Waals surface area contributed by atoms with Crippen LogP contribution in [0.2, 0.25) is 0 Å². The molecule has 0 fully saturated rings. The van der Waals surface area contributed by atoms with Gasteiger partial charge < -0.3 is 5.32 Å². The van der Waals surface area contributed by atoms with Crippen LogP contribution in [-0.4, -0.2) is 27.2 Å². The number of pyridine rings is 1. The maximum Gasteiger partial charge on any atom is 0.273 e. The van der Waals surface area contributed by atoms with Gasteiger partial charge in [-0.05, 0) is 24.3 Å². The first-order valence-electron chi connectivity index (χ1n) is 7.53. The Labute approximate surface area is 137 Å². The molecule has 3 rings (SSSR count). The van der Waals surface area contributed by atoms with Gasteiger partial charge in [0.2, 0.25) is 5.91 Å². The maximum atomic E-state index is 12.3. The Bertz CT molecular complexity index is 976.